The highest BCUT2D eigenvalue weighted by Gasteiger charge is 2.29. The maximum atomic E-state index is 12.3. The summed E-state index contributed by atoms with van der Waals surface area (Å²) in [6.07, 6.45) is 4.94. The van der Waals surface area contributed by atoms with Crippen molar-refractivity contribution in [1.29, 1.82) is 0 Å². The molecule has 0 aliphatic carbocycles. The molecule has 0 bridgehead atoms. The van der Waals surface area contributed by atoms with Crippen LogP contribution in [0.5, 0.6) is 0 Å². The van der Waals surface area contributed by atoms with Crippen LogP contribution >= 0.6 is 11.3 Å². The smallest absolute Gasteiger partial charge is 0.242 e. The van der Waals surface area contributed by atoms with Crippen molar-refractivity contribution in [2.45, 2.75) is 44.2 Å². The number of rotatable bonds is 4. The Morgan fingerprint density at radius 3 is 3.09 bits per heavy atom. The fourth-order valence-corrected chi connectivity index (χ4v) is 4.22. The molecule has 2 atom stereocenters. The minimum atomic E-state index is -0.363. The molecule has 0 aromatic carbocycles. The summed E-state index contributed by atoms with van der Waals surface area (Å²) in [6.45, 7) is 2.05. The molecule has 3 heterocycles. The van der Waals surface area contributed by atoms with E-state index < -0.39 is 0 Å². The quantitative estimate of drug-likeness (QED) is 0.887. The third-order valence-electron chi connectivity index (χ3n) is 4.45. The number of nitrogens with zero attached hydrogens (tertiary/aromatic N) is 1. The fraction of sp³-hybridized carbons (Fsp3) is 0.625. The van der Waals surface area contributed by atoms with Gasteiger partial charge in [-0.15, -0.1) is 11.3 Å². The van der Waals surface area contributed by atoms with Gasteiger partial charge in [0, 0.05) is 17.5 Å². The van der Waals surface area contributed by atoms with Crippen molar-refractivity contribution in [1.82, 2.24) is 15.5 Å². The molecular weight excluding hydrogens is 298 g/mol. The number of hydrogen-bond donors (Lipinski definition) is 2. The van der Waals surface area contributed by atoms with Crippen molar-refractivity contribution < 1.29 is 9.59 Å². The largest absolute Gasteiger partial charge is 0.354 e. The Balaban J connectivity index is 1.55. The second-order valence-corrected chi connectivity index (χ2v) is 7.03. The van der Waals surface area contributed by atoms with Crippen LogP contribution in [-0.4, -0.2) is 42.4 Å². The molecule has 2 fully saturated rings. The Morgan fingerprint density at radius 2 is 2.27 bits per heavy atom. The number of nitrogens with one attached hydrogen (secondary N) is 2. The summed E-state index contributed by atoms with van der Waals surface area (Å²) in [5.41, 5.74) is 0. The summed E-state index contributed by atoms with van der Waals surface area (Å²) in [6, 6.07) is 4.20. The van der Waals surface area contributed by atoms with Gasteiger partial charge in [0.15, 0.2) is 0 Å². The van der Waals surface area contributed by atoms with Gasteiger partial charge in [-0.05, 0) is 50.1 Å². The minimum Gasteiger partial charge on any atom is -0.354 e. The van der Waals surface area contributed by atoms with Gasteiger partial charge >= 0.3 is 0 Å². The topological polar surface area (TPSA) is 61.4 Å². The molecule has 2 aliphatic rings. The SMILES string of the molecule is O=C(CN1CCCC1c1cccs1)NC1CCCCNC1=O. The van der Waals surface area contributed by atoms with Crippen molar-refractivity contribution in [3.05, 3.63) is 22.4 Å². The van der Waals surface area contributed by atoms with Crippen LogP contribution in [-0.2, 0) is 9.59 Å². The number of carbonyl (C=O) groups is 2. The van der Waals surface area contributed by atoms with Gasteiger partial charge in [0.05, 0.1) is 6.54 Å². The monoisotopic (exact) mass is 321 g/mol. The van der Waals surface area contributed by atoms with Crippen LogP contribution in [0.1, 0.15) is 43.0 Å². The van der Waals surface area contributed by atoms with E-state index in [-0.39, 0.29) is 17.9 Å². The Morgan fingerprint density at radius 1 is 1.36 bits per heavy atom. The van der Waals surface area contributed by atoms with Crippen LogP contribution in [0.15, 0.2) is 17.5 Å². The molecule has 3 rings (SSSR count). The molecule has 5 nitrogen and oxygen atoms in total. The van der Waals surface area contributed by atoms with E-state index in [4.69, 9.17) is 0 Å². The van der Waals surface area contributed by atoms with Gasteiger partial charge in [-0.1, -0.05) is 6.07 Å². The molecule has 22 heavy (non-hydrogen) atoms. The molecule has 120 valence electrons. The Hall–Kier alpha value is -1.40. The summed E-state index contributed by atoms with van der Waals surface area (Å²) >= 11 is 1.75. The van der Waals surface area contributed by atoms with Crippen LogP contribution in [0.3, 0.4) is 0 Å². The molecule has 1 aromatic heterocycles. The third-order valence-corrected chi connectivity index (χ3v) is 5.43. The minimum absolute atomic E-state index is 0.0366. The number of hydrogen-bond acceptors (Lipinski definition) is 4. The summed E-state index contributed by atoms with van der Waals surface area (Å²) in [5, 5.41) is 7.86. The molecule has 0 spiro atoms. The average Bonchev–Trinajstić information content (AvgIpc) is 3.12. The van der Waals surface area contributed by atoms with Gasteiger partial charge in [-0.2, -0.15) is 0 Å². The van der Waals surface area contributed by atoms with Gasteiger partial charge in [-0.25, -0.2) is 0 Å². The zero-order valence-corrected chi connectivity index (χ0v) is 13.5. The summed E-state index contributed by atoms with van der Waals surface area (Å²) in [5.74, 6) is -0.0763. The van der Waals surface area contributed by atoms with E-state index in [1.165, 1.54) is 4.88 Å². The van der Waals surface area contributed by atoms with Crippen LogP contribution in [0.4, 0.5) is 0 Å². The van der Waals surface area contributed by atoms with E-state index in [2.05, 4.69) is 33.0 Å². The third kappa shape index (κ3) is 3.67. The van der Waals surface area contributed by atoms with E-state index in [0.717, 1.165) is 45.2 Å². The first-order valence-electron chi connectivity index (χ1n) is 8.08. The van der Waals surface area contributed by atoms with Crippen molar-refractivity contribution in [2.24, 2.45) is 0 Å². The second-order valence-electron chi connectivity index (χ2n) is 6.05. The predicted octanol–water partition coefficient (Wildman–Crippen LogP) is 1.67. The number of thiophene rings is 1. The molecule has 2 aliphatic heterocycles. The molecule has 2 saturated heterocycles. The standard InChI is InChI=1S/C16H23N3O2S/c20-15(18-12-5-1-2-8-17-16(12)21)11-19-9-3-6-13(19)14-7-4-10-22-14/h4,7,10,12-13H,1-3,5-6,8-9,11H2,(H,17,21)(H,18,20). The number of carbonyl (C=O) groups excluding carboxylic acids is 2. The molecule has 6 heteroatoms. The lowest BCUT2D eigenvalue weighted by molar-refractivity contribution is -0.129. The summed E-state index contributed by atoms with van der Waals surface area (Å²) in [7, 11) is 0. The van der Waals surface area contributed by atoms with E-state index >= 15 is 0 Å². The Labute approximate surface area is 135 Å². The zero-order chi connectivity index (χ0) is 15.4. The lowest BCUT2D eigenvalue weighted by Gasteiger charge is -2.24. The molecule has 2 N–H and O–H groups in total. The van der Waals surface area contributed by atoms with Crippen LogP contribution in [0, 0.1) is 0 Å². The number of amides is 2. The number of likely N-dealkylation sites (tertiary alicyclic amines) is 1. The lowest BCUT2D eigenvalue weighted by Crippen LogP contribution is -2.48. The normalized spacial score (nSPS) is 26.5. The predicted molar refractivity (Wildman–Crippen MR) is 86.7 cm³/mol. The molecule has 0 saturated carbocycles. The average molecular weight is 321 g/mol. The van der Waals surface area contributed by atoms with Gasteiger partial charge in [0.25, 0.3) is 0 Å². The van der Waals surface area contributed by atoms with E-state index in [0.29, 0.717) is 12.6 Å². The summed E-state index contributed by atoms with van der Waals surface area (Å²) in [4.78, 5) is 27.8. The van der Waals surface area contributed by atoms with Crippen molar-refractivity contribution in [3.8, 4) is 0 Å². The fourth-order valence-electron chi connectivity index (χ4n) is 3.32. The van der Waals surface area contributed by atoms with E-state index in [9.17, 15) is 9.59 Å². The Bertz CT molecular complexity index is 517. The first-order valence-corrected chi connectivity index (χ1v) is 8.96. The highest BCUT2D eigenvalue weighted by molar-refractivity contribution is 7.10. The van der Waals surface area contributed by atoms with Crippen LogP contribution in [0.2, 0.25) is 0 Å². The zero-order valence-electron chi connectivity index (χ0n) is 12.7. The van der Waals surface area contributed by atoms with E-state index in [1.54, 1.807) is 11.3 Å². The van der Waals surface area contributed by atoms with Gasteiger partial charge in [0.2, 0.25) is 11.8 Å². The molecule has 2 amide bonds. The maximum Gasteiger partial charge on any atom is 0.242 e. The van der Waals surface area contributed by atoms with Crippen molar-refractivity contribution in [3.63, 3.8) is 0 Å². The van der Waals surface area contributed by atoms with Crippen LogP contribution < -0.4 is 10.6 Å². The van der Waals surface area contributed by atoms with Gasteiger partial charge in [0.1, 0.15) is 6.04 Å². The lowest BCUT2D eigenvalue weighted by atomic mass is 10.1. The molecule has 0 radical (unpaired) electrons. The first kappa shape index (κ1) is 15.5. The second kappa shape index (κ2) is 7.24. The first-order chi connectivity index (χ1) is 10.7. The Kier molecular flexibility index (Phi) is 5.10. The van der Waals surface area contributed by atoms with E-state index in [1.807, 2.05) is 0 Å². The van der Waals surface area contributed by atoms with Gasteiger partial charge in [-0.3, -0.25) is 14.5 Å². The highest BCUT2D eigenvalue weighted by Crippen LogP contribution is 2.33. The molecule has 1 aromatic rings. The maximum absolute atomic E-state index is 12.3. The van der Waals surface area contributed by atoms with Crippen molar-refractivity contribution >= 4 is 23.2 Å². The summed E-state index contributed by atoms with van der Waals surface area (Å²) < 4.78 is 0. The van der Waals surface area contributed by atoms with Crippen molar-refractivity contribution in [2.75, 3.05) is 19.6 Å². The highest BCUT2D eigenvalue weighted by atomic mass is 32.1. The molecule has 2 unspecified atom stereocenters. The molecular formula is C16H23N3O2S. The van der Waals surface area contributed by atoms with Crippen LogP contribution in [0.25, 0.3) is 0 Å². The van der Waals surface area contributed by atoms with Gasteiger partial charge < -0.3 is 10.6 Å².